The number of nitrogens with zero attached hydrogens (tertiary/aromatic N) is 4. The fourth-order valence-electron chi connectivity index (χ4n) is 6.36. The lowest BCUT2D eigenvalue weighted by molar-refractivity contribution is 0.415. The number of aromatic nitrogens is 4. The van der Waals surface area contributed by atoms with Crippen LogP contribution in [0.3, 0.4) is 0 Å². The maximum absolute atomic E-state index is 5.53. The number of pyridine rings is 2. The number of aryl methyl sites for hydroxylation is 2. The molecule has 0 saturated carbocycles. The van der Waals surface area contributed by atoms with E-state index in [9.17, 15) is 0 Å². The summed E-state index contributed by atoms with van der Waals surface area (Å²) in [5.74, 6) is 3.35. The van der Waals surface area contributed by atoms with Gasteiger partial charge < -0.3 is 9.47 Å². The average Bonchev–Trinajstić information content (AvgIpc) is 3.56. The molecule has 0 aliphatic rings. The molecule has 6 nitrogen and oxygen atoms in total. The molecule has 8 aromatic rings. The SMILES string of the molecule is COc1ccc2c(c1)c1cc(OC)ccc1n2-c1ccc(-c2ccc(-n3c4ccc(C)cc4c4cc(C)ccc43)nc2)cn1. The molecule has 0 radical (unpaired) electrons. The van der Waals surface area contributed by atoms with Gasteiger partial charge in [-0.15, -0.1) is 0 Å². The predicted octanol–water partition coefficient (Wildman–Crippen LogP) is 8.97. The molecular weight excluding hydrogens is 544 g/mol. The van der Waals surface area contributed by atoms with E-state index in [0.29, 0.717) is 0 Å². The molecule has 0 fully saturated rings. The van der Waals surface area contributed by atoms with Crippen molar-refractivity contribution >= 4 is 43.6 Å². The molecule has 214 valence electrons. The Morgan fingerprint density at radius 3 is 1.20 bits per heavy atom. The minimum Gasteiger partial charge on any atom is -0.497 e. The highest BCUT2D eigenvalue weighted by molar-refractivity contribution is 6.11. The molecule has 4 aromatic heterocycles. The quantitative estimate of drug-likeness (QED) is 0.206. The Bertz CT molecular complexity index is 2240. The zero-order valence-corrected chi connectivity index (χ0v) is 25.0. The number of fused-ring (bicyclic) bond motifs is 6. The Balaban J connectivity index is 1.19. The molecule has 0 aliphatic carbocycles. The zero-order chi connectivity index (χ0) is 29.9. The van der Waals surface area contributed by atoms with Crippen molar-refractivity contribution in [1.29, 1.82) is 0 Å². The van der Waals surface area contributed by atoms with Gasteiger partial charge in [-0.25, -0.2) is 9.97 Å². The molecular formula is C38H30N4O2. The van der Waals surface area contributed by atoms with Crippen LogP contribution in [0.15, 0.2) is 109 Å². The zero-order valence-electron chi connectivity index (χ0n) is 25.0. The van der Waals surface area contributed by atoms with Gasteiger partial charge in [0.15, 0.2) is 0 Å². The molecule has 4 aromatic carbocycles. The summed E-state index contributed by atoms with van der Waals surface area (Å²) in [6.07, 6.45) is 3.85. The van der Waals surface area contributed by atoms with E-state index < -0.39 is 0 Å². The lowest BCUT2D eigenvalue weighted by Gasteiger charge is -2.10. The van der Waals surface area contributed by atoms with Crippen LogP contribution in [0.1, 0.15) is 11.1 Å². The second-order valence-electron chi connectivity index (χ2n) is 11.3. The summed E-state index contributed by atoms with van der Waals surface area (Å²) in [6, 6.07) is 33.9. The van der Waals surface area contributed by atoms with Gasteiger partial charge in [0.1, 0.15) is 23.1 Å². The van der Waals surface area contributed by atoms with Crippen LogP contribution in [-0.2, 0) is 0 Å². The largest absolute Gasteiger partial charge is 0.497 e. The summed E-state index contributed by atoms with van der Waals surface area (Å²) >= 11 is 0. The van der Waals surface area contributed by atoms with Crippen LogP contribution in [0.5, 0.6) is 11.5 Å². The summed E-state index contributed by atoms with van der Waals surface area (Å²) in [5, 5.41) is 4.66. The van der Waals surface area contributed by atoms with E-state index in [1.807, 2.05) is 24.5 Å². The monoisotopic (exact) mass is 574 g/mol. The topological polar surface area (TPSA) is 54.1 Å². The van der Waals surface area contributed by atoms with E-state index in [0.717, 1.165) is 67.1 Å². The van der Waals surface area contributed by atoms with Crippen molar-refractivity contribution in [2.24, 2.45) is 0 Å². The van der Waals surface area contributed by atoms with Crippen molar-refractivity contribution < 1.29 is 9.47 Å². The normalized spacial score (nSPS) is 11.6. The molecule has 6 heteroatoms. The summed E-state index contributed by atoms with van der Waals surface area (Å²) < 4.78 is 15.5. The van der Waals surface area contributed by atoms with Crippen molar-refractivity contribution in [2.45, 2.75) is 13.8 Å². The van der Waals surface area contributed by atoms with Crippen molar-refractivity contribution in [3.05, 3.63) is 121 Å². The molecule has 0 spiro atoms. The molecule has 0 amide bonds. The number of methoxy groups -OCH3 is 2. The van der Waals surface area contributed by atoms with Crippen LogP contribution in [0.2, 0.25) is 0 Å². The fourth-order valence-corrected chi connectivity index (χ4v) is 6.36. The Hall–Kier alpha value is -5.62. The smallest absolute Gasteiger partial charge is 0.137 e. The predicted molar refractivity (Wildman–Crippen MR) is 179 cm³/mol. The number of hydrogen-bond donors (Lipinski definition) is 0. The van der Waals surface area contributed by atoms with Crippen LogP contribution in [0.25, 0.3) is 66.4 Å². The third kappa shape index (κ3) is 4.02. The van der Waals surface area contributed by atoms with Crippen LogP contribution in [0.4, 0.5) is 0 Å². The van der Waals surface area contributed by atoms with E-state index in [-0.39, 0.29) is 0 Å². The van der Waals surface area contributed by atoms with E-state index >= 15 is 0 Å². The summed E-state index contributed by atoms with van der Waals surface area (Å²) in [7, 11) is 3.38. The highest BCUT2D eigenvalue weighted by atomic mass is 16.5. The second kappa shape index (κ2) is 9.99. The molecule has 0 bridgehead atoms. The first-order chi connectivity index (χ1) is 21.5. The van der Waals surface area contributed by atoms with Crippen LogP contribution >= 0.6 is 0 Å². The summed E-state index contributed by atoms with van der Waals surface area (Å²) in [4.78, 5) is 9.86. The van der Waals surface area contributed by atoms with Crippen molar-refractivity contribution in [3.8, 4) is 34.3 Å². The van der Waals surface area contributed by atoms with E-state index in [4.69, 9.17) is 19.4 Å². The van der Waals surface area contributed by atoms with Gasteiger partial charge in [-0.1, -0.05) is 23.3 Å². The van der Waals surface area contributed by atoms with Gasteiger partial charge in [-0.05, 0) is 98.8 Å². The van der Waals surface area contributed by atoms with E-state index in [1.54, 1.807) is 14.2 Å². The van der Waals surface area contributed by atoms with E-state index in [2.05, 4.69) is 108 Å². The number of rotatable bonds is 5. The van der Waals surface area contributed by atoms with Crippen molar-refractivity contribution in [3.63, 3.8) is 0 Å². The Kier molecular flexibility index (Phi) is 5.91. The minimum atomic E-state index is 0.810. The van der Waals surface area contributed by atoms with Crippen LogP contribution < -0.4 is 9.47 Å². The molecule has 0 aliphatic heterocycles. The molecule has 0 atom stereocenters. The van der Waals surface area contributed by atoms with Gasteiger partial charge in [0.05, 0.1) is 36.3 Å². The highest BCUT2D eigenvalue weighted by Gasteiger charge is 2.16. The third-order valence-corrected chi connectivity index (χ3v) is 8.54. The number of hydrogen-bond acceptors (Lipinski definition) is 4. The molecule has 0 N–H and O–H groups in total. The van der Waals surface area contributed by atoms with Gasteiger partial charge in [0.2, 0.25) is 0 Å². The van der Waals surface area contributed by atoms with Gasteiger partial charge in [-0.3, -0.25) is 9.13 Å². The number of ether oxygens (including phenoxy) is 2. The minimum absolute atomic E-state index is 0.810. The maximum atomic E-state index is 5.53. The molecule has 44 heavy (non-hydrogen) atoms. The van der Waals surface area contributed by atoms with Gasteiger partial charge in [0, 0.05) is 45.1 Å². The lowest BCUT2D eigenvalue weighted by Crippen LogP contribution is -1.98. The Morgan fingerprint density at radius 2 is 0.841 bits per heavy atom. The Morgan fingerprint density at radius 1 is 0.455 bits per heavy atom. The first-order valence-corrected chi connectivity index (χ1v) is 14.6. The van der Waals surface area contributed by atoms with Gasteiger partial charge >= 0.3 is 0 Å². The van der Waals surface area contributed by atoms with Gasteiger partial charge in [0.25, 0.3) is 0 Å². The summed E-state index contributed by atoms with van der Waals surface area (Å²) in [5.41, 5.74) is 8.93. The lowest BCUT2D eigenvalue weighted by atomic mass is 10.1. The second-order valence-corrected chi connectivity index (χ2v) is 11.3. The van der Waals surface area contributed by atoms with Crippen molar-refractivity contribution in [2.75, 3.05) is 14.2 Å². The first kappa shape index (κ1) is 26.0. The van der Waals surface area contributed by atoms with Gasteiger partial charge in [-0.2, -0.15) is 0 Å². The standard InChI is InChI=1S/C38H30N4O2/c1-23-5-11-33-29(17-23)30-18-24(2)6-12-34(30)41(33)37-15-7-25(21-39-37)26-8-16-38(40-22-26)42-35-13-9-27(43-3)19-31(35)32-20-28(44-4)10-14-36(32)42/h5-22H,1-4H3. The molecule has 8 rings (SSSR count). The maximum Gasteiger partial charge on any atom is 0.137 e. The third-order valence-electron chi connectivity index (χ3n) is 8.54. The molecule has 0 unspecified atom stereocenters. The van der Waals surface area contributed by atoms with Crippen LogP contribution in [0, 0.1) is 13.8 Å². The Labute approximate surface area is 254 Å². The van der Waals surface area contributed by atoms with Crippen LogP contribution in [-0.4, -0.2) is 33.3 Å². The highest BCUT2D eigenvalue weighted by Crippen LogP contribution is 2.37. The fraction of sp³-hybridized carbons (Fsp3) is 0.105. The first-order valence-electron chi connectivity index (χ1n) is 14.6. The molecule has 0 saturated heterocycles. The van der Waals surface area contributed by atoms with E-state index in [1.165, 1.54) is 21.9 Å². The molecule has 4 heterocycles. The number of benzene rings is 4. The average molecular weight is 575 g/mol. The van der Waals surface area contributed by atoms with Crippen molar-refractivity contribution in [1.82, 2.24) is 19.1 Å². The summed E-state index contributed by atoms with van der Waals surface area (Å²) in [6.45, 7) is 4.28.